The van der Waals surface area contributed by atoms with Crippen LogP contribution in [-0.4, -0.2) is 5.11 Å². The van der Waals surface area contributed by atoms with E-state index in [0.717, 1.165) is 5.56 Å². The summed E-state index contributed by atoms with van der Waals surface area (Å²) in [6.07, 6.45) is 3.77. The van der Waals surface area contributed by atoms with Gasteiger partial charge in [0.1, 0.15) is 5.75 Å². The van der Waals surface area contributed by atoms with E-state index in [2.05, 4.69) is 0 Å². The van der Waals surface area contributed by atoms with Crippen LogP contribution in [-0.2, 0) is 0 Å². The Balaban J connectivity index is 0.000000980. The molecule has 0 aromatic heterocycles. The molecule has 1 aliphatic carbocycles. The topological polar surface area (TPSA) is 46.2 Å². The van der Waals surface area contributed by atoms with Gasteiger partial charge in [-0.05, 0) is 36.5 Å². The maximum Gasteiger partial charge on any atom is 0.115 e. The summed E-state index contributed by atoms with van der Waals surface area (Å²) in [7, 11) is 0. The van der Waals surface area contributed by atoms with Gasteiger partial charge >= 0.3 is 0 Å². The van der Waals surface area contributed by atoms with Crippen molar-refractivity contribution < 1.29 is 5.11 Å². The summed E-state index contributed by atoms with van der Waals surface area (Å²) in [5.41, 5.74) is 7.12. The molecule has 1 aliphatic rings. The average molecular weight is 214 g/mol. The lowest BCUT2D eigenvalue weighted by Gasteiger charge is -2.31. The number of aromatic hydroxyl groups is 1. The molecule has 3 heteroatoms. The van der Waals surface area contributed by atoms with Crippen molar-refractivity contribution in [2.24, 2.45) is 11.7 Å². The highest BCUT2D eigenvalue weighted by Crippen LogP contribution is 2.36. The van der Waals surface area contributed by atoms with E-state index in [9.17, 15) is 5.11 Å². The van der Waals surface area contributed by atoms with Crippen LogP contribution >= 0.6 is 12.4 Å². The third kappa shape index (κ3) is 2.20. The second-order valence-corrected chi connectivity index (χ2v) is 3.81. The molecular formula is C11H16ClNO. The van der Waals surface area contributed by atoms with E-state index in [1.807, 2.05) is 12.1 Å². The molecule has 2 rings (SSSR count). The molecule has 0 bridgehead atoms. The molecule has 78 valence electrons. The van der Waals surface area contributed by atoms with Crippen LogP contribution in [0.15, 0.2) is 24.3 Å². The largest absolute Gasteiger partial charge is 0.508 e. The van der Waals surface area contributed by atoms with Crippen LogP contribution in [0.4, 0.5) is 0 Å². The van der Waals surface area contributed by atoms with Crippen molar-refractivity contribution >= 4 is 12.4 Å². The van der Waals surface area contributed by atoms with Gasteiger partial charge in [0.15, 0.2) is 0 Å². The maximum atomic E-state index is 9.28. The van der Waals surface area contributed by atoms with E-state index in [0.29, 0.717) is 11.7 Å². The molecule has 0 unspecified atom stereocenters. The van der Waals surface area contributed by atoms with Crippen LogP contribution in [0.25, 0.3) is 0 Å². The molecule has 2 nitrogen and oxygen atoms in total. The average Bonchev–Trinajstić information content (AvgIpc) is 2.01. The number of hydrogen-bond acceptors (Lipinski definition) is 2. The fourth-order valence-electron chi connectivity index (χ4n) is 1.80. The normalized spacial score (nSPS) is 18.1. The first kappa shape index (κ1) is 11.3. The summed E-state index contributed by atoms with van der Waals surface area (Å²) in [6, 6.07) is 7.40. The van der Waals surface area contributed by atoms with Crippen molar-refractivity contribution in [2.75, 3.05) is 0 Å². The summed E-state index contributed by atoms with van der Waals surface area (Å²) >= 11 is 0. The molecule has 0 saturated heterocycles. The molecule has 1 atom stereocenters. The first-order valence-corrected chi connectivity index (χ1v) is 4.82. The van der Waals surface area contributed by atoms with Crippen LogP contribution in [0.1, 0.15) is 30.9 Å². The van der Waals surface area contributed by atoms with Crippen LogP contribution in [0.2, 0.25) is 0 Å². The van der Waals surface area contributed by atoms with Gasteiger partial charge in [-0.1, -0.05) is 18.6 Å². The molecule has 1 saturated carbocycles. The number of rotatable bonds is 2. The van der Waals surface area contributed by atoms with Gasteiger partial charge in [-0.25, -0.2) is 0 Å². The minimum absolute atomic E-state index is 0. The summed E-state index contributed by atoms with van der Waals surface area (Å²) in [5, 5.41) is 9.28. The van der Waals surface area contributed by atoms with E-state index in [1.165, 1.54) is 19.3 Å². The summed E-state index contributed by atoms with van der Waals surface area (Å²) < 4.78 is 0. The van der Waals surface area contributed by atoms with Crippen molar-refractivity contribution in [2.45, 2.75) is 25.3 Å². The Labute approximate surface area is 90.5 Å². The molecular weight excluding hydrogens is 198 g/mol. The third-order valence-electron chi connectivity index (χ3n) is 2.91. The van der Waals surface area contributed by atoms with E-state index < -0.39 is 0 Å². The van der Waals surface area contributed by atoms with E-state index in [1.54, 1.807) is 12.1 Å². The van der Waals surface area contributed by atoms with Crippen molar-refractivity contribution in [3.05, 3.63) is 29.8 Å². The Bertz CT molecular complexity index is 299. The van der Waals surface area contributed by atoms with Gasteiger partial charge in [-0.15, -0.1) is 12.4 Å². The summed E-state index contributed by atoms with van der Waals surface area (Å²) in [5.74, 6) is 0.939. The van der Waals surface area contributed by atoms with Crippen LogP contribution in [0.3, 0.4) is 0 Å². The molecule has 1 aromatic carbocycles. The number of phenolic OH excluding ortho intramolecular Hbond substituents is 1. The van der Waals surface area contributed by atoms with Gasteiger partial charge in [-0.3, -0.25) is 0 Å². The maximum absolute atomic E-state index is 9.28. The second kappa shape index (κ2) is 4.67. The third-order valence-corrected chi connectivity index (χ3v) is 2.91. The Morgan fingerprint density at radius 1 is 1.36 bits per heavy atom. The van der Waals surface area contributed by atoms with Crippen molar-refractivity contribution in [1.29, 1.82) is 0 Å². The molecule has 3 N–H and O–H groups in total. The first-order chi connectivity index (χ1) is 6.27. The lowest BCUT2D eigenvalue weighted by atomic mass is 9.77. The van der Waals surface area contributed by atoms with Gasteiger partial charge in [0.25, 0.3) is 0 Å². The zero-order valence-electron chi connectivity index (χ0n) is 8.02. The van der Waals surface area contributed by atoms with Gasteiger partial charge < -0.3 is 10.8 Å². The SMILES string of the molecule is Cl.N[C@H](c1cccc(O)c1)C1CCC1. The fourth-order valence-corrected chi connectivity index (χ4v) is 1.80. The Morgan fingerprint density at radius 3 is 2.57 bits per heavy atom. The first-order valence-electron chi connectivity index (χ1n) is 4.82. The van der Waals surface area contributed by atoms with E-state index in [-0.39, 0.29) is 18.4 Å². The summed E-state index contributed by atoms with van der Waals surface area (Å²) in [4.78, 5) is 0. The minimum atomic E-state index is 0. The quantitative estimate of drug-likeness (QED) is 0.794. The van der Waals surface area contributed by atoms with E-state index in [4.69, 9.17) is 5.73 Å². The van der Waals surface area contributed by atoms with Crippen LogP contribution in [0, 0.1) is 5.92 Å². The number of benzene rings is 1. The molecule has 14 heavy (non-hydrogen) atoms. The molecule has 1 fully saturated rings. The Morgan fingerprint density at radius 2 is 2.07 bits per heavy atom. The Kier molecular flexibility index (Phi) is 3.78. The minimum Gasteiger partial charge on any atom is -0.508 e. The smallest absolute Gasteiger partial charge is 0.115 e. The molecule has 0 spiro atoms. The second-order valence-electron chi connectivity index (χ2n) is 3.81. The molecule has 1 aromatic rings. The lowest BCUT2D eigenvalue weighted by molar-refractivity contribution is 0.264. The predicted octanol–water partition coefficient (Wildman–Crippen LogP) is 2.61. The molecule has 0 amide bonds. The Hall–Kier alpha value is -0.730. The summed E-state index contributed by atoms with van der Waals surface area (Å²) in [6.45, 7) is 0. The number of halogens is 1. The zero-order valence-corrected chi connectivity index (χ0v) is 8.83. The monoisotopic (exact) mass is 213 g/mol. The van der Waals surface area contributed by atoms with Gasteiger partial charge in [0.2, 0.25) is 0 Å². The van der Waals surface area contributed by atoms with Crippen LogP contribution < -0.4 is 5.73 Å². The highest BCUT2D eigenvalue weighted by atomic mass is 35.5. The standard InChI is InChI=1S/C11H15NO.ClH/c12-11(8-3-1-4-8)9-5-2-6-10(13)7-9;/h2,5-8,11,13H,1,3-4,12H2;1H/t11-;/m0./s1. The highest BCUT2D eigenvalue weighted by molar-refractivity contribution is 5.85. The van der Waals surface area contributed by atoms with Crippen molar-refractivity contribution in [3.8, 4) is 5.75 Å². The van der Waals surface area contributed by atoms with Crippen LogP contribution in [0.5, 0.6) is 5.75 Å². The fraction of sp³-hybridized carbons (Fsp3) is 0.455. The number of hydrogen-bond donors (Lipinski definition) is 2. The van der Waals surface area contributed by atoms with Gasteiger partial charge in [0, 0.05) is 6.04 Å². The molecule has 0 aliphatic heterocycles. The predicted molar refractivity (Wildman–Crippen MR) is 59.6 cm³/mol. The number of phenols is 1. The van der Waals surface area contributed by atoms with Crippen molar-refractivity contribution in [1.82, 2.24) is 0 Å². The van der Waals surface area contributed by atoms with E-state index >= 15 is 0 Å². The van der Waals surface area contributed by atoms with Gasteiger partial charge in [0.05, 0.1) is 0 Å². The van der Waals surface area contributed by atoms with Crippen molar-refractivity contribution in [3.63, 3.8) is 0 Å². The highest BCUT2D eigenvalue weighted by Gasteiger charge is 2.25. The molecule has 0 heterocycles. The van der Waals surface area contributed by atoms with Gasteiger partial charge in [-0.2, -0.15) is 0 Å². The zero-order chi connectivity index (χ0) is 9.26. The number of nitrogens with two attached hydrogens (primary N) is 1. The lowest BCUT2D eigenvalue weighted by Crippen LogP contribution is -2.26. The molecule has 0 radical (unpaired) electrons.